The van der Waals surface area contributed by atoms with Gasteiger partial charge in [0.05, 0.1) is 11.5 Å². The summed E-state index contributed by atoms with van der Waals surface area (Å²) < 4.78 is 43.2. The minimum atomic E-state index is -3.07. The Morgan fingerprint density at radius 1 is 1.20 bits per heavy atom. The molecule has 0 bridgehead atoms. The number of nitrogens with zero attached hydrogens (tertiary/aromatic N) is 1. The summed E-state index contributed by atoms with van der Waals surface area (Å²) in [7, 11) is -3.07. The number of sulfone groups is 1. The standard InChI is InChI=1S/C23H30FNO4S/c1-17(2)19-6-8-23(9-7-19)29-15-22(26)14-25(21-10-11-30(27,28)16-21)13-18-4-3-5-20(24)12-18/h3-9,12,17,21-22,26H,10-11,13-16H2,1-2H3. The van der Waals surface area contributed by atoms with Crippen molar-refractivity contribution in [2.45, 2.75) is 44.9 Å². The van der Waals surface area contributed by atoms with E-state index in [9.17, 15) is 17.9 Å². The predicted octanol–water partition coefficient (Wildman–Crippen LogP) is 3.38. The molecule has 1 saturated heterocycles. The molecule has 1 heterocycles. The molecule has 0 amide bonds. The van der Waals surface area contributed by atoms with Gasteiger partial charge in [-0.15, -0.1) is 0 Å². The first kappa shape index (κ1) is 22.7. The fraction of sp³-hybridized carbons (Fsp3) is 0.478. The lowest BCUT2D eigenvalue weighted by Gasteiger charge is -2.30. The summed E-state index contributed by atoms with van der Waals surface area (Å²) in [5.41, 5.74) is 1.96. The van der Waals surface area contributed by atoms with E-state index in [0.29, 0.717) is 24.6 Å². The summed E-state index contributed by atoms with van der Waals surface area (Å²) in [4.78, 5) is 1.93. The Kier molecular flexibility index (Phi) is 7.50. The topological polar surface area (TPSA) is 66.8 Å². The number of halogens is 1. The first-order valence-corrected chi connectivity index (χ1v) is 12.1. The lowest BCUT2D eigenvalue weighted by atomic mass is 10.0. The third kappa shape index (κ3) is 6.52. The van der Waals surface area contributed by atoms with Crippen molar-refractivity contribution in [1.29, 1.82) is 0 Å². The average molecular weight is 436 g/mol. The molecule has 2 unspecified atom stereocenters. The Hall–Kier alpha value is -1.96. The molecule has 0 aliphatic carbocycles. The number of rotatable bonds is 9. The van der Waals surface area contributed by atoms with Crippen LogP contribution in [0.4, 0.5) is 4.39 Å². The van der Waals surface area contributed by atoms with Crippen molar-refractivity contribution in [3.05, 3.63) is 65.5 Å². The van der Waals surface area contributed by atoms with E-state index in [-0.39, 0.29) is 36.5 Å². The van der Waals surface area contributed by atoms with Crippen LogP contribution in [0.15, 0.2) is 48.5 Å². The van der Waals surface area contributed by atoms with Gasteiger partial charge in [0.2, 0.25) is 0 Å². The molecule has 0 spiro atoms. The highest BCUT2D eigenvalue weighted by molar-refractivity contribution is 7.91. The van der Waals surface area contributed by atoms with Gasteiger partial charge in [0.1, 0.15) is 24.3 Å². The highest BCUT2D eigenvalue weighted by Crippen LogP contribution is 2.22. The van der Waals surface area contributed by atoms with Crippen LogP contribution in [0.2, 0.25) is 0 Å². The van der Waals surface area contributed by atoms with Crippen molar-refractivity contribution in [2.75, 3.05) is 24.7 Å². The van der Waals surface area contributed by atoms with Crippen LogP contribution in [0.5, 0.6) is 5.75 Å². The van der Waals surface area contributed by atoms with Gasteiger partial charge in [-0.25, -0.2) is 12.8 Å². The van der Waals surface area contributed by atoms with Crippen molar-refractivity contribution in [1.82, 2.24) is 4.90 Å². The van der Waals surface area contributed by atoms with E-state index in [4.69, 9.17) is 4.74 Å². The molecule has 1 aliphatic rings. The van der Waals surface area contributed by atoms with Crippen molar-refractivity contribution >= 4 is 9.84 Å². The third-order valence-electron chi connectivity index (χ3n) is 5.43. The van der Waals surface area contributed by atoms with E-state index in [0.717, 1.165) is 5.56 Å². The SMILES string of the molecule is CC(C)c1ccc(OCC(O)CN(Cc2cccc(F)c2)C2CCS(=O)(=O)C2)cc1. The molecule has 0 saturated carbocycles. The summed E-state index contributed by atoms with van der Waals surface area (Å²) >= 11 is 0. The van der Waals surface area contributed by atoms with Crippen molar-refractivity contribution in [3.8, 4) is 5.75 Å². The first-order chi connectivity index (χ1) is 14.2. The molecular formula is C23H30FNO4S. The van der Waals surface area contributed by atoms with Crippen molar-refractivity contribution in [3.63, 3.8) is 0 Å². The zero-order valence-electron chi connectivity index (χ0n) is 17.5. The van der Waals surface area contributed by atoms with E-state index in [1.54, 1.807) is 12.1 Å². The molecule has 3 rings (SSSR count). The maximum absolute atomic E-state index is 13.6. The molecular weight excluding hydrogens is 405 g/mol. The second-order valence-corrected chi connectivity index (χ2v) is 10.5. The lowest BCUT2D eigenvalue weighted by Crippen LogP contribution is -2.42. The van der Waals surface area contributed by atoms with Gasteiger partial charge in [-0.05, 0) is 47.7 Å². The first-order valence-electron chi connectivity index (χ1n) is 10.3. The fourth-order valence-electron chi connectivity index (χ4n) is 3.74. The van der Waals surface area contributed by atoms with Crippen LogP contribution < -0.4 is 4.74 Å². The average Bonchev–Trinajstić information content (AvgIpc) is 3.06. The molecule has 0 radical (unpaired) electrons. The fourth-order valence-corrected chi connectivity index (χ4v) is 5.50. The van der Waals surface area contributed by atoms with Gasteiger partial charge in [-0.3, -0.25) is 4.90 Å². The molecule has 164 valence electrons. The molecule has 0 aromatic heterocycles. The lowest BCUT2D eigenvalue weighted by molar-refractivity contribution is 0.0524. The minimum Gasteiger partial charge on any atom is -0.491 e. The Bertz CT molecular complexity index is 930. The van der Waals surface area contributed by atoms with Crippen molar-refractivity contribution < 1.29 is 22.7 Å². The monoisotopic (exact) mass is 435 g/mol. The van der Waals surface area contributed by atoms with Crippen molar-refractivity contribution in [2.24, 2.45) is 0 Å². The van der Waals surface area contributed by atoms with Crippen LogP contribution in [-0.4, -0.2) is 55.2 Å². The molecule has 2 atom stereocenters. The van der Waals surface area contributed by atoms with E-state index in [1.165, 1.54) is 17.7 Å². The Morgan fingerprint density at radius 2 is 1.93 bits per heavy atom. The van der Waals surface area contributed by atoms with E-state index in [2.05, 4.69) is 13.8 Å². The maximum Gasteiger partial charge on any atom is 0.151 e. The van der Waals surface area contributed by atoms with Crippen LogP contribution >= 0.6 is 0 Å². The Morgan fingerprint density at radius 3 is 2.53 bits per heavy atom. The summed E-state index contributed by atoms with van der Waals surface area (Å²) in [6.07, 6.45) is -0.284. The zero-order valence-corrected chi connectivity index (χ0v) is 18.3. The predicted molar refractivity (Wildman–Crippen MR) is 116 cm³/mol. The second-order valence-electron chi connectivity index (χ2n) is 8.30. The molecule has 5 nitrogen and oxygen atoms in total. The normalized spacial score (nSPS) is 19.3. The van der Waals surface area contributed by atoms with Gasteiger partial charge in [0.25, 0.3) is 0 Å². The maximum atomic E-state index is 13.6. The molecule has 2 aromatic rings. The number of benzene rings is 2. The van der Waals surface area contributed by atoms with E-state index < -0.39 is 15.9 Å². The molecule has 2 aromatic carbocycles. The number of aliphatic hydroxyl groups is 1. The van der Waals surface area contributed by atoms with E-state index >= 15 is 0 Å². The highest BCUT2D eigenvalue weighted by atomic mass is 32.2. The summed E-state index contributed by atoms with van der Waals surface area (Å²) in [5.74, 6) is 0.987. The van der Waals surface area contributed by atoms with Crippen LogP contribution in [0.1, 0.15) is 37.3 Å². The summed E-state index contributed by atoms with van der Waals surface area (Å²) in [6, 6.07) is 13.8. The van der Waals surface area contributed by atoms with Gasteiger partial charge >= 0.3 is 0 Å². The molecule has 7 heteroatoms. The third-order valence-corrected chi connectivity index (χ3v) is 7.18. The largest absolute Gasteiger partial charge is 0.491 e. The van der Waals surface area contributed by atoms with Crippen LogP contribution in [0, 0.1) is 5.82 Å². The molecule has 1 aliphatic heterocycles. The van der Waals surface area contributed by atoms with Gasteiger partial charge in [0, 0.05) is 19.1 Å². The number of hydrogen-bond donors (Lipinski definition) is 1. The van der Waals surface area contributed by atoms with E-state index in [1.807, 2.05) is 29.2 Å². The number of ether oxygens (including phenoxy) is 1. The Labute approximate surface area is 178 Å². The van der Waals surface area contributed by atoms with Gasteiger partial charge in [-0.1, -0.05) is 38.1 Å². The van der Waals surface area contributed by atoms with Crippen LogP contribution in [0.3, 0.4) is 0 Å². The smallest absolute Gasteiger partial charge is 0.151 e. The van der Waals surface area contributed by atoms with Crippen LogP contribution in [-0.2, 0) is 16.4 Å². The quantitative estimate of drug-likeness (QED) is 0.654. The number of hydrogen-bond acceptors (Lipinski definition) is 5. The molecule has 1 N–H and O–H groups in total. The zero-order chi connectivity index (χ0) is 21.7. The minimum absolute atomic E-state index is 0.0621. The molecule has 1 fully saturated rings. The van der Waals surface area contributed by atoms with Gasteiger partial charge in [-0.2, -0.15) is 0 Å². The van der Waals surface area contributed by atoms with Gasteiger partial charge in [0.15, 0.2) is 9.84 Å². The Balaban J connectivity index is 1.62. The summed E-state index contributed by atoms with van der Waals surface area (Å²) in [6.45, 7) is 4.96. The highest BCUT2D eigenvalue weighted by Gasteiger charge is 2.33. The van der Waals surface area contributed by atoms with Gasteiger partial charge < -0.3 is 9.84 Å². The summed E-state index contributed by atoms with van der Waals surface area (Å²) in [5, 5.41) is 10.6. The molecule has 30 heavy (non-hydrogen) atoms. The number of aliphatic hydroxyl groups excluding tert-OH is 1. The van der Waals surface area contributed by atoms with Crippen LogP contribution in [0.25, 0.3) is 0 Å². The second kappa shape index (κ2) is 9.90.